The van der Waals surface area contributed by atoms with Crippen LogP contribution in [0.4, 0.5) is 0 Å². The number of rotatable bonds is 2. The van der Waals surface area contributed by atoms with E-state index >= 15 is 0 Å². The second kappa shape index (κ2) is 4.83. The third kappa shape index (κ3) is 3.33. The van der Waals surface area contributed by atoms with Crippen LogP contribution in [0.25, 0.3) is 0 Å². The summed E-state index contributed by atoms with van der Waals surface area (Å²) in [7, 11) is -1.76. The molecular formula is C13H24N2OSi. The SMILES string of the molecule is CC(C)(C)[Si](C)(C)OC1=C[C@@H](N)[C@H](C#N)CC1. The largest absolute Gasteiger partial charge is 0.547 e. The Kier molecular flexibility index (Phi) is 4.05. The zero-order chi connectivity index (χ0) is 13.3. The minimum atomic E-state index is -1.76. The molecule has 2 atom stereocenters. The fourth-order valence-corrected chi connectivity index (χ4v) is 2.75. The lowest BCUT2D eigenvalue weighted by molar-refractivity contribution is 0.332. The summed E-state index contributed by atoms with van der Waals surface area (Å²) in [6, 6.07) is 2.08. The average Bonchev–Trinajstić information content (AvgIpc) is 2.15. The summed E-state index contributed by atoms with van der Waals surface area (Å²) < 4.78 is 6.22. The van der Waals surface area contributed by atoms with Crippen LogP contribution in [0.15, 0.2) is 11.8 Å². The zero-order valence-corrected chi connectivity index (χ0v) is 12.6. The first-order valence-corrected chi connectivity index (χ1v) is 9.13. The fourth-order valence-electron chi connectivity index (χ4n) is 1.62. The van der Waals surface area contributed by atoms with Crippen LogP contribution in [-0.2, 0) is 4.43 Å². The molecule has 0 aromatic rings. The van der Waals surface area contributed by atoms with Crippen molar-refractivity contribution in [1.29, 1.82) is 5.26 Å². The van der Waals surface area contributed by atoms with Gasteiger partial charge in [0.25, 0.3) is 0 Å². The van der Waals surface area contributed by atoms with Crippen LogP contribution in [0.1, 0.15) is 33.6 Å². The Morgan fingerprint density at radius 1 is 1.47 bits per heavy atom. The van der Waals surface area contributed by atoms with Gasteiger partial charge in [-0.3, -0.25) is 0 Å². The van der Waals surface area contributed by atoms with Crippen molar-refractivity contribution in [3.8, 4) is 6.07 Å². The third-order valence-electron chi connectivity index (χ3n) is 3.90. The van der Waals surface area contributed by atoms with Crippen LogP contribution in [0, 0.1) is 17.2 Å². The average molecular weight is 252 g/mol. The molecule has 0 unspecified atom stereocenters. The van der Waals surface area contributed by atoms with Gasteiger partial charge in [-0.05, 0) is 30.6 Å². The first-order valence-electron chi connectivity index (χ1n) is 6.22. The first kappa shape index (κ1) is 14.3. The molecule has 2 N–H and O–H groups in total. The molecule has 17 heavy (non-hydrogen) atoms. The molecular weight excluding hydrogens is 228 g/mol. The fraction of sp³-hybridized carbons (Fsp3) is 0.769. The van der Waals surface area contributed by atoms with E-state index in [1.165, 1.54) is 0 Å². The highest BCUT2D eigenvalue weighted by atomic mass is 28.4. The monoisotopic (exact) mass is 252 g/mol. The molecule has 96 valence electrons. The maximum atomic E-state index is 8.92. The van der Waals surface area contributed by atoms with Crippen molar-refractivity contribution >= 4 is 8.32 Å². The Morgan fingerprint density at radius 2 is 2.06 bits per heavy atom. The van der Waals surface area contributed by atoms with Gasteiger partial charge in [-0.25, -0.2) is 0 Å². The molecule has 0 radical (unpaired) electrons. The molecule has 0 fully saturated rings. The summed E-state index contributed by atoms with van der Waals surface area (Å²) in [4.78, 5) is 0. The summed E-state index contributed by atoms with van der Waals surface area (Å²) in [5, 5.41) is 9.12. The molecule has 1 aliphatic rings. The minimum Gasteiger partial charge on any atom is -0.547 e. The lowest BCUT2D eigenvalue weighted by Gasteiger charge is -2.38. The topological polar surface area (TPSA) is 59.0 Å². The van der Waals surface area contributed by atoms with Crippen molar-refractivity contribution in [2.45, 2.75) is 57.8 Å². The quantitative estimate of drug-likeness (QED) is 0.768. The van der Waals surface area contributed by atoms with Gasteiger partial charge in [0.1, 0.15) is 0 Å². The molecule has 0 heterocycles. The van der Waals surface area contributed by atoms with E-state index in [9.17, 15) is 0 Å². The normalized spacial score (nSPS) is 26.1. The van der Waals surface area contributed by atoms with Gasteiger partial charge < -0.3 is 10.2 Å². The maximum absolute atomic E-state index is 8.92. The molecule has 1 rings (SSSR count). The molecule has 0 aromatic heterocycles. The molecule has 3 nitrogen and oxygen atoms in total. The van der Waals surface area contributed by atoms with Crippen molar-refractivity contribution in [3.63, 3.8) is 0 Å². The van der Waals surface area contributed by atoms with Gasteiger partial charge in [0.2, 0.25) is 8.32 Å². The van der Waals surface area contributed by atoms with E-state index in [1.807, 2.05) is 6.08 Å². The number of hydrogen-bond donors (Lipinski definition) is 1. The van der Waals surface area contributed by atoms with E-state index < -0.39 is 8.32 Å². The van der Waals surface area contributed by atoms with E-state index in [0.29, 0.717) is 0 Å². The zero-order valence-electron chi connectivity index (χ0n) is 11.6. The molecule has 0 bridgehead atoms. The number of allylic oxidation sites excluding steroid dienone is 1. The summed E-state index contributed by atoms with van der Waals surface area (Å²) in [5.41, 5.74) is 5.94. The standard InChI is InChI=1S/C13H24N2OSi/c1-13(2,3)17(4,5)16-11-7-6-10(9-14)12(15)8-11/h8,10,12H,6-7,15H2,1-5H3/t10-,12+/m0/s1. The molecule has 1 aliphatic carbocycles. The Morgan fingerprint density at radius 3 is 2.47 bits per heavy atom. The molecule has 0 amide bonds. The number of hydrogen-bond acceptors (Lipinski definition) is 3. The van der Waals surface area contributed by atoms with Crippen molar-refractivity contribution in [2.75, 3.05) is 0 Å². The highest BCUT2D eigenvalue weighted by molar-refractivity contribution is 6.74. The van der Waals surface area contributed by atoms with E-state index in [0.717, 1.165) is 18.6 Å². The smallest absolute Gasteiger partial charge is 0.250 e. The van der Waals surface area contributed by atoms with Crippen LogP contribution >= 0.6 is 0 Å². The van der Waals surface area contributed by atoms with Gasteiger partial charge in [0, 0.05) is 12.5 Å². The van der Waals surface area contributed by atoms with E-state index in [-0.39, 0.29) is 17.0 Å². The van der Waals surface area contributed by atoms with E-state index in [4.69, 9.17) is 15.4 Å². The number of nitrogens with two attached hydrogens (primary N) is 1. The van der Waals surface area contributed by atoms with Gasteiger partial charge in [0.15, 0.2) is 0 Å². The summed E-state index contributed by atoms with van der Waals surface area (Å²) in [5.74, 6) is 0.942. The van der Waals surface area contributed by atoms with Crippen LogP contribution in [0.5, 0.6) is 0 Å². The highest BCUT2D eigenvalue weighted by Gasteiger charge is 2.40. The molecule has 0 aromatic carbocycles. The maximum Gasteiger partial charge on any atom is 0.250 e. The predicted octanol–water partition coefficient (Wildman–Crippen LogP) is 3.15. The molecule has 0 saturated carbocycles. The first-order chi connectivity index (χ1) is 7.67. The summed E-state index contributed by atoms with van der Waals surface area (Å²) >= 11 is 0. The van der Waals surface area contributed by atoms with Crippen LogP contribution < -0.4 is 5.73 Å². The van der Waals surface area contributed by atoms with Gasteiger partial charge in [-0.2, -0.15) is 5.26 Å². The van der Waals surface area contributed by atoms with Crippen molar-refractivity contribution < 1.29 is 4.43 Å². The van der Waals surface area contributed by atoms with Gasteiger partial charge in [-0.15, -0.1) is 0 Å². The van der Waals surface area contributed by atoms with E-state index in [1.54, 1.807) is 0 Å². The summed E-state index contributed by atoms with van der Waals surface area (Å²) in [6.07, 6.45) is 3.61. The Bertz CT molecular complexity index is 349. The second-order valence-corrected chi connectivity index (χ2v) is 11.1. The van der Waals surface area contributed by atoms with Crippen molar-refractivity contribution in [3.05, 3.63) is 11.8 Å². The van der Waals surface area contributed by atoms with Crippen molar-refractivity contribution in [1.82, 2.24) is 0 Å². The van der Waals surface area contributed by atoms with Gasteiger partial charge in [-0.1, -0.05) is 20.8 Å². The number of nitrogens with zero attached hydrogens (tertiary/aromatic N) is 1. The van der Waals surface area contributed by atoms with Crippen LogP contribution in [0.3, 0.4) is 0 Å². The van der Waals surface area contributed by atoms with Gasteiger partial charge in [0.05, 0.1) is 17.7 Å². The predicted molar refractivity (Wildman–Crippen MR) is 72.7 cm³/mol. The lowest BCUT2D eigenvalue weighted by atomic mass is 9.91. The molecule has 4 heteroatoms. The summed E-state index contributed by atoms with van der Waals surface area (Å²) in [6.45, 7) is 11.1. The Hall–Kier alpha value is -0.793. The minimum absolute atomic E-state index is 0.0539. The van der Waals surface area contributed by atoms with Crippen molar-refractivity contribution in [2.24, 2.45) is 11.7 Å². The molecule has 0 spiro atoms. The number of nitriles is 1. The highest BCUT2D eigenvalue weighted by Crippen LogP contribution is 2.39. The van der Waals surface area contributed by atoms with E-state index in [2.05, 4.69) is 39.9 Å². The second-order valence-electron chi connectivity index (χ2n) is 6.35. The lowest BCUT2D eigenvalue weighted by Crippen LogP contribution is -2.41. The Labute approximate surface area is 106 Å². The third-order valence-corrected chi connectivity index (χ3v) is 8.29. The molecule has 0 aliphatic heterocycles. The van der Waals surface area contributed by atoms with Crippen LogP contribution in [0.2, 0.25) is 18.1 Å². The Balaban J connectivity index is 2.75. The van der Waals surface area contributed by atoms with Gasteiger partial charge >= 0.3 is 0 Å². The molecule has 0 saturated heterocycles. The van der Waals surface area contributed by atoms with Crippen LogP contribution in [-0.4, -0.2) is 14.4 Å².